The SMILES string of the molecule is O=C1CCCCCN1CCC(=O)N1CC[C@H](Cc2cccc(CO)c2)C1. The Morgan fingerprint density at radius 2 is 2.00 bits per heavy atom. The first kappa shape index (κ1) is 18.9. The summed E-state index contributed by atoms with van der Waals surface area (Å²) in [5.74, 6) is 0.861. The van der Waals surface area contributed by atoms with Crippen LogP contribution in [0, 0.1) is 5.92 Å². The molecule has 2 aliphatic heterocycles. The Hall–Kier alpha value is -1.88. The fourth-order valence-electron chi connectivity index (χ4n) is 4.08. The highest BCUT2D eigenvalue weighted by Crippen LogP contribution is 2.22. The quantitative estimate of drug-likeness (QED) is 0.849. The maximum Gasteiger partial charge on any atom is 0.224 e. The van der Waals surface area contributed by atoms with Gasteiger partial charge in [0.05, 0.1) is 6.61 Å². The number of hydrogen-bond donors (Lipinski definition) is 1. The van der Waals surface area contributed by atoms with Crippen molar-refractivity contribution in [2.75, 3.05) is 26.2 Å². The van der Waals surface area contributed by atoms with Crippen LogP contribution in [-0.2, 0) is 22.6 Å². The summed E-state index contributed by atoms with van der Waals surface area (Å²) in [5.41, 5.74) is 2.17. The standard InChI is InChI=1S/C21H30N2O3/c24-16-19-6-4-5-17(14-19)13-18-8-11-23(15-18)21(26)9-12-22-10-3-1-2-7-20(22)25/h4-6,14,18,24H,1-3,7-13,15-16H2/t18-/m1/s1. The Kier molecular flexibility index (Phi) is 6.67. The summed E-state index contributed by atoms with van der Waals surface area (Å²) >= 11 is 0. The zero-order chi connectivity index (χ0) is 18.4. The molecule has 0 bridgehead atoms. The van der Waals surface area contributed by atoms with Gasteiger partial charge in [-0.25, -0.2) is 0 Å². The molecule has 1 aromatic rings. The Balaban J connectivity index is 1.45. The van der Waals surface area contributed by atoms with Gasteiger partial charge >= 0.3 is 0 Å². The molecule has 0 radical (unpaired) electrons. The van der Waals surface area contributed by atoms with Gasteiger partial charge in [-0.15, -0.1) is 0 Å². The van der Waals surface area contributed by atoms with E-state index >= 15 is 0 Å². The summed E-state index contributed by atoms with van der Waals surface area (Å²) in [6.45, 7) is 3.05. The lowest BCUT2D eigenvalue weighted by atomic mass is 9.97. The first-order valence-electron chi connectivity index (χ1n) is 9.90. The predicted octanol–water partition coefficient (Wildman–Crippen LogP) is 2.36. The van der Waals surface area contributed by atoms with Crippen LogP contribution >= 0.6 is 0 Å². The molecule has 2 fully saturated rings. The molecule has 2 aliphatic rings. The van der Waals surface area contributed by atoms with Gasteiger partial charge in [-0.1, -0.05) is 30.7 Å². The van der Waals surface area contributed by atoms with Crippen LogP contribution in [0.1, 0.15) is 49.7 Å². The van der Waals surface area contributed by atoms with E-state index < -0.39 is 0 Å². The highest BCUT2D eigenvalue weighted by atomic mass is 16.3. The van der Waals surface area contributed by atoms with E-state index in [1.54, 1.807) is 0 Å². The molecule has 26 heavy (non-hydrogen) atoms. The van der Waals surface area contributed by atoms with E-state index in [4.69, 9.17) is 0 Å². The normalized spacial score (nSPS) is 21.1. The average Bonchev–Trinajstić information content (AvgIpc) is 3.02. The molecule has 142 valence electrons. The van der Waals surface area contributed by atoms with Gasteiger partial charge in [-0.3, -0.25) is 9.59 Å². The molecule has 2 heterocycles. The van der Waals surface area contributed by atoms with Crippen LogP contribution in [0.25, 0.3) is 0 Å². The lowest BCUT2D eigenvalue weighted by Gasteiger charge is -2.22. The molecular formula is C21H30N2O3. The van der Waals surface area contributed by atoms with Crippen molar-refractivity contribution in [1.82, 2.24) is 9.80 Å². The minimum atomic E-state index is 0.0678. The summed E-state index contributed by atoms with van der Waals surface area (Å²) in [7, 11) is 0. The minimum absolute atomic E-state index is 0.0678. The number of aliphatic hydroxyl groups excluding tert-OH is 1. The van der Waals surface area contributed by atoms with Gasteiger partial charge in [-0.05, 0) is 42.7 Å². The number of carbonyl (C=O) groups excluding carboxylic acids is 2. The first-order chi connectivity index (χ1) is 12.7. The highest BCUT2D eigenvalue weighted by molar-refractivity contribution is 5.79. The minimum Gasteiger partial charge on any atom is -0.392 e. The van der Waals surface area contributed by atoms with Gasteiger partial charge in [0.25, 0.3) is 0 Å². The van der Waals surface area contributed by atoms with Crippen molar-refractivity contribution in [3.8, 4) is 0 Å². The van der Waals surface area contributed by atoms with Crippen molar-refractivity contribution in [2.24, 2.45) is 5.92 Å². The van der Waals surface area contributed by atoms with Crippen LogP contribution in [0.15, 0.2) is 24.3 Å². The van der Waals surface area contributed by atoms with Crippen LogP contribution < -0.4 is 0 Å². The lowest BCUT2D eigenvalue weighted by molar-refractivity contribution is -0.133. The molecule has 1 aromatic carbocycles. The Labute approximate surface area is 156 Å². The van der Waals surface area contributed by atoms with Gasteiger partial charge in [0.15, 0.2) is 0 Å². The van der Waals surface area contributed by atoms with Crippen molar-refractivity contribution in [3.05, 3.63) is 35.4 Å². The number of rotatable bonds is 6. The van der Waals surface area contributed by atoms with Gasteiger partial charge in [-0.2, -0.15) is 0 Å². The van der Waals surface area contributed by atoms with E-state index in [1.807, 2.05) is 21.9 Å². The number of amides is 2. The lowest BCUT2D eigenvalue weighted by Crippen LogP contribution is -2.36. The van der Waals surface area contributed by atoms with Crippen LogP contribution in [0.2, 0.25) is 0 Å². The van der Waals surface area contributed by atoms with E-state index in [0.717, 1.165) is 57.3 Å². The molecule has 3 rings (SSSR count). The maximum absolute atomic E-state index is 12.5. The summed E-state index contributed by atoms with van der Waals surface area (Å²) in [4.78, 5) is 28.4. The summed E-state index contributed by atoms with van der Waals surface area (Å²) in [5, 5.41) is 9.26. The summed E-state index contributed by atoms with van der Waals surface area (Å²) < 4.78 is 0. The third-order valence-corrected chi connectivity index (χ3v) is 5.60. The molecule has 1 atom stereocenters. The molecule has 2 saturated heterocycles. The van der Waals surface area contributed by atoms with Crippen LogP contribution in [0.5, 0.6) is 0 Å². The largest absolute Gasteiger partial charge is 0.392 e. The van der Waals surface area contributed by atoms with Gasteiger partial charge in [0.2, 0.25) is 11.8 Å². The van der Waals surface area contributed by atoms with Crippen molar-refractivity contribution >= 4 is 11.8 Å². The summed E-state index contributed by atoms with van der Waals surface area (Å²) in [6.07, 6.45) is 6.19. The molecule has 0 spiro atoms. The van der Waals surface area contributed by atoms with Crippen LogP contribution in [0.3, 0.4) is 0 Å². The topological polar surface area (TPSA) is 60.9 Å². The molecule has 1 N–H and O–H groups in total. The number of nitrogens with zero attached hydrogens (tertiary/aromatic N) is 2. The Bertz CT molecular complexity index is 631. The number of benzene rings is 1. The van der Waals surface area contributed by atoms with E-state index in [0.29, 0.717) is 25.3 Å². The fourth-order valence-corrected chi connectivity index (χ4v) is 4.08. The monoisotopic (exact) mass is 358 g/mol. The smallest absolute Gasteiger partial charge is 0.224 e. The average molecular weight is 358 g/mol. The van der Waals surface area contributed by atoms with Crippen molar-refractivity contribution in [1.29, 1.82) is 0 Å². The Morgan fingerprint density at radius 3 is 2.85 bits per heavy atom. The number of aliphatic hydroxyl groups is 1. The molecule has 0 unspecified atom stereocenters. The molecule has 0 aromatic heterocycles. The predicted molar refractivity (Wildman–Crippen MR) is 100 cm³/mol. The van der Waals surface area contributed by atoms with Crippen molar-refractivity contribution in [2.45, 2.75) is 51.6 Å². The molecule has 2 amide bonds. The zero-order valence-electron chi connectivity index (χ0n) is 15.5. The first-order valence-corrected chi connectivity index (χ1v) is 9.90. The summed E-state index contributed by atoms with van der Waals surface area (Å²) in [6, 6.07) is 8.05. The van der Waals surface area contributed by atoms with Crippen LogP contribution in [-0.4, -0.2) is 52.9 Å². The van der Waals surface area contributed by atoms with Gasteiger partial charge in [0.1, 0.15) is 0 Å². The van der Waals surface area contributed by atoms with Crippen molar-refractivity contribution < 1.29 is 14.7 Å². The van der Waals surface area contributed by atoms with E-state index in [-0.39, 0.29) is 18.4 Å². The number of carbonyl (C=O) groups is 2. The molecule has 5 heteroatoms. The molecule has 0 aliphatic carbocycles. The van der Waals surface area contributed by atoms with Gasteiger partial charge < -0.3 is 14.9 Å². The second kappa shape index (κ2) is 9.17. The molecule has 5 nitrogen and oxygen atoms in total. The Morgan fingerprint density at radius 1 is 1.15 bits per heavy atom. The molecular weight excluding hydrogens is 328 g/mol. The maximum atomic E-state index is 12.5. The van der Waals surface area contributed by atoms with Crippen LogP contribution in [0.4, 0.5) is 0 Å². The van der Waals surface area contributed by atoms with E-state index in [9.17, 15) is 14.7 Å². The molecule has 0 saturated carbocycles. The van der Waals surface area contributed by atoms with Crippen molar-refractivity contribution in [3.63, 3.8) is 0 Å². The third kappa shape index (κ3) is 5.07. The zero-order valence-corrected chi connectivity index (χ0v) is 15.5. The third-order valence-electron chi connectivity index (χ3n) is 5.60. The second-order valence-corrected chi connectivity index (χ2v) is 7.62. The van der Waals surface area contributed by atoms with E-state index in [2.05, 4.69) is 12.1 Å². The number of likely N-dealkylation sites (tertiary alicyclic amines) is 2. The fraction of sp³-hybridized carbons (Fsp3) is 0.619. The number of hydrogen-bond acceptors (Lipinski definition) is 3. The second-order valence-electron chi connectivity index (χ2n) is 7.62. The highest BCUT2D eigenvalue weighted by Gasteiger charge is 2.27. The van der Waals surface area contributed by atoms with E-state index in [1.165, 1.54) is 5.56 Å². The van der Waals surface area contributed by atoms with Gasteiger partial charge in [0, 0.05) is 39.0 Å².